The Morgan fingerprint density at radius 3 is 2.80 bits per heavy atom. The predicted molar refractivity (Wildman–Crippen MR) is 56.5 cm³/mol. The van der Waals surface area contributed by atoms with E-state index in [1.54, 1.807) is 30.5 Å². The molecule has 1 N–H and O–H groups in total. The predicted octanol–water partition coefficient (Wildman–Crippen LogP) is 1.72. The summed E-state index contributed by atoms with van der Waals surface area (Å²) in [5, 5.41) is 0. The lowest BCUT2D eigenvalue weighted by Crippen LogP contribution is -1.89. The van der Waals surface area contributed by atoms with E-state index in [-0.39, 0.29) is 0 Å². The Balaban J connectivity index is 2.46. The van der Waals surface area contributed by atoms with Crippen LogP contribution in [0.2, 0.25) is 0 Å². The fraction of sp³-hybridized carbons (Fsp3) is 0. The van der Waals surface area contributed by atoms with Gasteiger partial charge in [0, 0.05) is 11.8 Å². The van der Waals surface area contributed by atoms with Crippen molar-refractivity contribution in [1.82, 2.24) is 9.97 Å². The minimum atomic E-state index is -1.96. The Kier molecular flexibility index (Phi) is 2.84. The van der Waals surface area contributed by atoms with Crippen molar-refractivity contribution in [3.8, 4) is 11.3 Å². The summed E-state index contributed by atoms with van der Waals surface area (Å²) in [4.78, 5) is 8.23. The number of hydrogen-bond donors (Lipinski definition) is 1. The molecule has 2 rings (SSSR count). The van der Waals surface area contributed by atoms with Crippen LogP contribution in [0.4, 0.5) is 0 Å². The van der Waals surface area contributed by atoms with Crippen molar-refractivity contribution in [1.29, 1.82) is 0 Å². The minimum absolute atomic E-state index is 0.367. The molecule has 76 valence electrons. The molecule has 0 aliphatic carbocycles. The Bertz CT molecular complexity index is 488. The van der Waals surface area contributed by atoms with Crippen LogP contribution in [0.15, 0.2) is 47.8 Å². The molecule has 1 aromatic heterocycles. The highest BCUT2D eigenvalue weighted by molar-refractivity contribution is 7.79. The quantitative estimate of drug-likeness (QED) is 0.783. The van der Waals surface area contributed by atoms with Gasteiger partial charge >= 0.3 is 0 Å². The first-order valence-electron chi connectivity index (χ1n) is 4.24. The van der Waals surface area contributed by atoms with Gasteiger partial charge in [0.2, 0.25) is 0 Å². The molecule has 0 aliphatic rings. The fourth-order valence-electron chi connectivity index (χ4n) is 1.23. The Morgan fingerprint density at radius 2 is 2.13 bits per heavy atom. The van der Waals surface area contributed by atoms with Gasteiger partial charge in [-0.15, -0.1) is 0 Å². The second-order valence-corrected chi connectivity index (χ2v) is 3.84. The van der Waals surface area contributed by atoms with Gasteiger partial charge in [-0.3, -0.25) is 0 Å². The molecule has 0 aliphatic heterocycles. The van der Waals surface area contributed by atoms with E-state index in [0.29, 0.717) is 4.90 Å². The maximum absolute atomic E-state index is 10.9. The first-order chi connectivity index (χ1) is 7.27. The summed E-state index contributed by atoms with van der Waals surface area (Å²) in [6, 6.07) is 8.54. The van der Waals surface area contributed by atoms with Crippen LogP contribution in [0.25, 0.3) is 11.3 Å². The maximum Gasteiger partial charge on any atom is 0.186 e. The van der Waals surface area contributed by atoms with Crippen LogP contribution in [-0.4, -0.2) is 18.7 Å². The number of hydrogen-bond acceptors (Lipinski definition) is 3. The average Bonchev–Trinajstić information content (AvgIpc) is 2.30. The third-order valence-corrected chi connectivity index (χ3v) is 2.57. The smallest absolute Gasteiger partial charge is 0.186 e. The maximum atomic E-state index is 10.9. The van der Waals surface area contributed by atoms with E-state index in [9.17, 15) is 4.21 Å². The average molecular weight is 220 g/mol. The summed E-state index contributed by atoms with van der Waals surface area (Å²) in [7, 11) is 0. The Labute approximate surface area is 89.3 Å². The lowest BCUT2D eigenvalue weighted by atomic mass is 10.1. The molecule has 0 amide bonds. The van der Waals surface area contributed by atoms with Gasteiger partial charge in [0.25, 0.3) is 0 Å². The Hall–Kier alpha value is -1.59. The summed E-state index contributed by atoms with van der Waals surface area (Å²) in [6.07, 6.45) is 3.07. The molecule has 5 heteroatoms. The van der Waals surface area contributed by atoms with Crippen LogP contribution in [-0.2, 0) is 11.1 Å². The monoisotopic (exact) mass is 220 g/mol. The van der Waals surface area contributed by atoms with Gasteiger partial charge in [-0.25, -0.2) is 14.2 Å². The van der Waals surface area contributed by atoms with Gasteiger partial charge in [0.15, 0.2) is 11.1 Å². The second kappa shape index (κ2) is 4.29. The summed E-state index contributed by atoms with van der Waals surface area (Å²) in [5.41, 5.74) is 1.54. The summed E-state index contributed by atoms with van der Waals surface area (Å²) < 4.78 is 19.8. The summed E-state index contributed by atoms with van der Waals surface area (Å²) >= 11 is -1.96. The molecular formula is C10H8N2O2S. The number of rotatable bonds is 2. The lowest BCUT2D eigenvalue weighted by Gasteiger charge is -2.01. The molecule has 1 atom stereocenters. The van der Waals surface area contributed by atoms with Gasteiger partial charge < -0.3 is 4.55 Å². The van der Waals surface area contributed by atoms with Crippen molar-refractivity contribution in [2.45, 2.75) is 4.90 Å². The molecule has 4 nitrogen and oxygen atoms in total. The van der Waals surface area contributed by atoms with Gasteiger partial charge in [0.1, 0.15) is 6.33 Å². The Morgan fingerprint density at radius 1 is 1.27 bits per heavy atom. The van der Waals surface area contributed by atoms with Gasteiger partial charge in [-0.05, 0) is 18.2 Å². The van der Waals surface area contributed by atoms with Crippen molar-refractivity contribution >= 4 is 11.1 Å². The van der Waals surface area contributed by atoms with E-state index >= 15 is 0 Å². The highest BCUT2D eigenvalue weighted by Crippen LogP contribution is 2.18. The van der Waals surface area contributed by atoms with Crippen molar-refractivity contribution in [3.63, 3.8) is 0 Å². The molecule has 0 saturated carbocycles. The van der Waals surface area contributed by atoms with Crippen molar-refractivity contribution in [2.75, 3.05) is 0 Å². The van der Waals surface area contributed by atoms with Crippen LogP contribution in [0.3, 0.4) is 0 Å². The zero-order valence-electron chi connectivity index (χ0n) is 7.70. The van der Waals surface area contributed by atoms with Crippen LogP contribution in [0.1, 0.15) is 0 Å². The number of nitrogens with zero attached hydrogens (tertiary/aromatic N) is 2. The molecular weight excluding hydrogens is 212 g/mol. The summed E-state index contributed by atoms with van der Waals surface area (Å²) in [5.74, 6) is 0. The van der Waals surface area contributed by atoms with Crippen molar-refractivity contribution in [2.24, 2.45) is 0 Å². The van der Waals surface area contributed by atoms with Crippen LogP contribution in [0.5, 0.6) is 0 Å². The molecule has 1 aromatic carbocycles. The van der Waals surface area contributed by atoms with Crippen LogP contribution in [0, 0.1) is 0 Å². The molecule has 0 bridgehead atoms. The zero-order valence-corrected chi connectivity index (χ0v) is 8.52. The van der Waals surface area contributed by atoms with Crippen molar-refractivity contribution in [3.05, 3.63) is 42.9 Å². The van der Waals surface area contributed by atoms with E-state index < -0.39 is 11.1 Å². The molecule has 1 heterocycles. The van der Waals surface area contributed by atoms with E-state index in [2.05, 4.69) is 9.97 Å². The summed E-state index contributed by atoms with van der Waals surface area (Å²) in [6.45, 7) is 0. The standard InChI is InChI=1S/C10H8N2O2S/c13-15(14)9-3-1-2-8(6-9)10-4-5-11-7-12-10/h1-7H,(H,13,14). The number of aromatic nitrogens is 2. The molecule has 0 spiro atoms. The molecule has 0 fully saturated rings. The topological polar surface area (TPSA) is 63.1 Å². The first kappa shape index (κ1) is 9.95. The van der Waals surface area contributed by atoms with Gasteiger partial charge in [-0.2, -0.15) is 0 Å². The van der Waals surface area contributed by atoms with E-state index in [1.807, 2.05) is 6.07 Å². The highest BCUT2D eigenvalue weighted by atomic mass is 32.2. The van der Waals surface area contributed by atoms with Gasteiger partial charge in [0.05, 0.1) is 10.6 Å². The van der Waals surface area contributed by atoms with E-state index in [1.165, 1.54) is 6.33 Å². The van der Waals surface area contributed by atoms with Crippen molar-refractivity contribution < 1.29 is 8.76 Å². The zero-order chi connectivity index (χ0) is 10.7. The first-order valence-corrected chi connectivity index (χ1v) is 5.35. The number of benzene rings is 1. The molecule has 2 aromatic rings. The van der Waals surface area contributed by atoms with Crippen LogP contribution >= 0.6 is 0 Å². The molecule has 15 heavy (non-hydrogen) atoms. The van der Waals surface area contributed by atoms with Crippen LogP contribution < -0.4 is 0 Å². The fourth-order valence-corrected chi connectivity index (χ4v) is 1.65. The normalized spacial score (nSPS) is 12.3. The second-order valence-electron chi connectivity index (χ2n) is 2.87. The lowest BCUT2D eigenvalue weighted by molar-refractivity contribution is 0.564. The molecule has 1 unspecified atom stereocenters. The third kappa shape index (κ3) is 2.26. The minimum Gasteiger partial charge on any atom is -0.302 e. The highest BCUT2D eigenvalue weighted by Gasteiger charge is 2.03. The third-order valence-electron chi connectivity index (χ3n) is 1.91. The molecule has 0 radical (unpaired) electrons. The largest absolute Gasteiger partial charge is 0.302 e. The SMILES string of the molecule is O=S(O)c1cccc(-c2ccncn2)c1. The molecule has 0 saturated heterocycles. The van der Waals surface area contributed by atoms with E-state index in [4.69, 9.17) is 4.55 Å². The van der Waals surface area contributed by atoms with E-state index in [0.717, 1.165) is 11.3 Å². The van der Waals surface area contributed by atoms with Gasteiger partial charge in [-0.1, -0.05) is 12.1 Å².